The number of anilines is 1. The van der Waals surface area contributed by atoms with Gasteiger partial charge in [-0.3, -0.25) is 9.59 Å². The Balaban J connectivity index is 1.26. The number of ether oxygens (including phenoxy) is 1. The average molecular weight is 419 g/mol. The maximum absolute atomic E-state index is 12.2. The fraction of sp³-hybridized carbons (Fsp3) is 0.227. The predicted molar refractivity (Wildman–Crippen MR) is 111 cm³/mol. The van der Waals surface area contributed by atoms with E-state index in [1.165, 1.54) is 6.33 Å². The van der Waals surface area contributed by atoms with Crippen LogP contribution in [0.2, 0.25) is 0 Å². The SMILES string of the molecule is O=C(COC(=O)c1ccc(Cn2cncn2)cc1)Nc1cccc(C(=O)NC2CC2)c1. The standard InChI is InChI=1S/C22H21N5O4/c28-20(25-19-3-1-2-17(10-19)21(29)26-18-8-9-18)12-31-22(30)16-6-4-15(5-7-16)11-27-14-23-13-24-27/h1-7,10,13-14,18H,8-9,11-12H2,(H,25,28)(H,26,29). The number of hydrogen-bond acceptors (Lipinski definition) is 6. The zero-order chi connectivity index (χ0) is 21.6. The molecule has 2 aromatic carbocycles. The van der Waals surface area contributed by atoms with E-state index in [0.29, 0.717) is 23.4 Å². The summed E-state index contributed by atoms with van der Waals surface area (Å²) in [5, 5.41) is 9.56. The lowest BCUT2D eigenvalue weighted by Gasteiger charge is -2.09. The topological polar surface area (TPSA) is 115 Å². The van der Waals surface area contributed by atoms with Gasteiger partial charge < -0.3 is 15.4 Å². The molecule has 0 radical (unpaired) electrons. The molecule has 4 rings (SSSR count). The summed E-state index contributed by atoms with van der Waals surface area (Å²) in [6, 6.07) is 13.7. The molecular formula is C22H21N5O4. The van der Waals surface area contributed by atoms with Gasteiger partial charge >= 0.3 is 5.97 Å². The number of nitrogens with one attached hydrogen (secondary N) is 2. The molecule has 1 aliphatic carbocycles. The van der Waals surface area contributed by atoms with E-state index in [1.807, 2.05) is 0 Å². The monoisotopic (exact) mass is 419 g/mol. The number of nitrogens with zero attached hydrogens (tertiary/aromatic N) is 3. The molecule has 0 atom stereocenters. The first-order chi connectivity index (χ1) is 15.1. The van der Waals surface area contributed by atoms with Crippen molar-refractivity contribution < 1.29 is 19.1 Å². The highest BCUT2D eigenvalue weighted by atomic mass is 16.5. The van der Waals surface area contributed by atoms with E-state index in [1.54, 1.807) is 59.5 Å². The predicted octanol–water partition coefficient (Wildman–Crippen LogP) is 2.01. The van der Waals surface area contributed by atoms with Crippen LogP contribution in [0.4, 0.5) is 5.69 Å². The minimum Gasteiger partial charge on any atom is -0.452 e. The van der Waals surface area contributed by atoms with Crippen molar-refractivity contribution in [3.8, 4) is 0 Å². The van der Waals surface area contributed by atoms with Crippen LogP contribution in [-0.4, -0.2) is 45.2 Å². The maximum Gasteiger partial charge on any atom is 0.338 e. The molecule has 3 aromatic rings. The van der Waals surface area contributed by atoms with Crippen molar-refractivity contribution in [2.24, 2.45) is 0 Å². The Hall–Kier alpha value is -4.01. The van der Waals surface area contributed by atoms with Crippen LogP contribution in [0.25, 0.3) is 0 Å². The molecule has 9 nitrogen and oxygen atoms in total. The molecule has 2 N–H and O–H groups in total. The summed E-state index contributed by atoms with van der Waals surface area (Å²) in [5.41, 5.74) is 2.22. The molecular weight excluding hydrogens is 398 g/mol. The first-order valence-electron chi connectivity index (χ1n) is 9.86. The lowest BCUT2D eigenvalue weighted by molar-refractivity contribution is -0.119. The van der Waals surface area contributed by atoms with Gasteiger partial charge in [0.15, 0.2) is 6.61 Å². The number of aromatic nitrogens is 3. The smallest absolute Gasteiger partial charge is 0.338 e. The first-order valence-corrected chi connectivity index (χ1v) is 9.86. The van der Waals surface area contributed by atoms with E-state index >= 15 is 0 Å². The van der Waals surface area contributed by atoms with E-state index in [9.17, 15) is 14.4 Å². The number of amides is 2. The third kappa shape index (κ3) is 5.75. The van der Waals surface area contributed by atoms with Crippen LogP contribution in [0.3, 0.4) is 0 Å². The van der Waals surface area contributed by atoms with Gasteiger partial charge in [-0.15, -0.1) is 0 Å². The van der Waals surface area contributed by atoms with Crippen LogP contribution in [0.1, 0.15) is 39.1 Å². The normalized spacial score (nSPS) is 12.8. The van der Waals surface area contributed by atoms with E-state index < -0.39 is 18.5 Å². The Morgan fingerprint density at radius 2 is 1.87 bits per heavy atom. The third-order valence-corrected chi connectivity index (χ3v) is 4.66. The lowest BCUT2D eigenvalue weighted by Crippen LogP contribution is -2.25. The first kappa shape index (κ1) is 20.3. The number of esters is 1. The number of rotatable bonds is 8. The minimum atomic E-state index is -0.597. The van der Waals surface area contributed by atoms with Crippen molar-refractivity contribution in [2.45, 2.75) is 25.4 Å². The van der Waals surface area contributed by atoms with Crippen molar-refractivity contribution in [1.82, 2.24) is 20.1 Å². The average Bonchev–Trinajstić information content (AvgIpc) is 3.44. The highest BCUT2D eigenvalue weighted by molar-refractivity contribution is 5.98. The van der Waals surface area contributed by atoms with E-state index in [4.69, 9.17) is 4.74 Å². The third-order valence-electron chi connectivity index (χ3n) is 4.66. The summed E-state index contributed by atoms with van der Waals surface area (Å²) in [4.78, 5) is 40.3. The van der Waals surface area contributed by atoms with Crippen LogP contribution >= 0.6 is 0 Å². The molecule has 9 heteroatoms. The zero-order valence-corrected chi connectivity index (χ0v) is 16.7. The van der Waals surface area contributed by atoms with Crippen molar-refractivity contribution in [2.75, 3.05) is 11.9 Å². The molecule has 0 bridgehead atoms. The molecule has 0 unspecified atom stereocenters. The number of hydrogen-bond donors (Lipinski definition) is 2. The van der Waals surface area contributed by atoms with Crippen molar-refractivity contribution >= 4 is 23.5 Å². The Morgan fingerprint density at radius 1 is 1.06 bits per heavy atom. The Kier molecular flexibility index (Phi) is 6.02. The zero-order valence-electron chi connectivity index (χ0n) is 16.7. The Labute approximate surface area is 178 Å². The summed E-state index contributed by atoms with van der Waals surface area (Å²) < 4.78 is 6.76. The van der Waals surface area contributed by atoms with Gasteiger partial charge in [-0.25, -0.2) is 14.5 Å². The second-order valence-electron chi connectivity index (χ2n) is 7.24. The quantitative estimate of drug-likeness (QED) is 0.540. The van der Waals surface area contributed by atoms with E-state index in [-0.39, 0.29) is 11.9 Å². The van der Waals surface area contributed by atoms with Crippen LogP contribution in [0.5, 0.6) is 0 Å². The van der Waals surface area contributed by atoms with Crippen molar-refractivity contribution in [1.29, 1.82) is 0 Å². The Bertz CT molecular complexity index is 1080. The van der Waals surface area contributed by atoms with Gasteiger partial charge in [0, 0.05) is 17.3 Å². The maximum atomic E-state index is 12.2. The molecule has 1 aliphatic rings. The van der Waals surface area contributed by atoms with Crippen LogP contribution in [-0.2, 0) is 16.1 Å². The highest BCUT2D eigenvalue weighted by Gasteiger charge is 2.23. The molecule has 0 spiro atoms. The molecule has 2 amide bonds. The molecule has 1 aromatic heterocycles. The fourth-order valence-electron chi connectivity index (χ4n) is 2.89. The second-order valence-corrected chi connectivity index (χ2v) is 7.24. The van der Waals surface area contributed by atoms with Gasteiger partial charge in [-0.05, 0) is 48.7 Å². The molecule has 0 aliphatic heterocycles. The summed E-state index contributed by atoms with van der Waals surface area (Å²) in [6.45, 7) is 0.105. The summed E-state index contributed by atoms with van der Waals surface area (Å²) in [5.74, 6) is -1.26. The summed E-state index contributed by atoms with van der Waals surface area (Å²) >= 11 is 0. The van der Waals surface area contributed by atoms with Gasteiger partial charge in [0.05, 0.1) is 12.1 Å². The Morgan fingerprint density at radius 3 is 2.58 bits per heavy atom. The van der Waals surface area contributed by atoms with Gasteiger partial charge in [0.2, 0.25) is 0 Å². The molecule has 1 fully saturated rings. The molecule has 1 heterocycles. The van der Waals surface area contributed by atoms with Crippen molar-refractivity contribution in [3.63, 3.8) is 0 Å². The fourth-order valence-corrected chi connectivity index (χ4v) is 2.89. The number of carbonyl (C=O) groups excluding carboxylic acids is 3. The minimum absolute atomic E-state index is 0.169. The van der Waals surface area contributed by atoms with E-state index in [0.717, 1.165) is 18.4 Å². The summed E-state index contributed by atoms with van der Waals surface area (Å²) in [6.07, 6.45) is 5.06. The lowest BCUT2D eigenvalue weighted by atomic mass is 10.1. The van der Waals surface area contributed by atoms with Crippen LogP contribution < -0.4 is 10.6 Å². The highest BCUT2D eigenvalue weighted by Crippen LogP contribution is 2.20. The van der Waals surface area contributed by atoms with Gasteiger partial charge in [0.25, 0.3) is 11.8 Å². The largest absolute Gasteiger partial charge is 0.452 e. The molecule has 158 valence electrons. The number of carbonyl (C=O) groups is 3. The van der Waals surface area contributed by atoms with Crippen LogP contribution in [0, 0.1) is 0 Å². The van der Waals surface area contributed by atoms with Crippen LogP contribution in [0.15, 0.2) is 61.2 Å². The summed E-state index contributed by atoms with van der Waals surface area (Å²) in [7, 11) is 0. The van der Waals surface area contributed by atoms with Gasteiger partial charge in [-0.2, -0.15) is 5.10 Å². The molecule has 31 heavy (non-hydrogen) atoms. The van der Waals surface area contributed by atoms with Gasteiger partial charge in [0.1, 0.15) is 12.7 Å². The van der Waals surface area contributed by atoms with Crippen molar-refractivity contribution in [3.05, 3.63) is 77.9 Å². The second kappa shape index (κ2) is 9.21. The number of benzene rings is 2. The molecule has 0 saturated heterocycles. The van der Waals surface area contributed by atoms with E-state index in [2.05, 4.69) is 20.7 Å². The molecule has 1 saturated carbocycles. The van der Waals surface area contributed by atoms with Gasteiger partial charge in [-0.1, -0.05) is 18.2 Å².